The number of pyridine rings is 1. The van der Waals surface area contributed by atoms with Crippen LogP contribution in [-0.4, -0.2) is 23.2 Å². The molecule has 0 aliphatic carbocycles. The molecule has 28 heavy (non-hydrogen) atoms. The van der Waals surface area contributed by atoms with E-state index in [4.69, 9.17) is 0 Å². The summed E-state index contributed by atoms with van der Waals surface area (Å²) in [6, 6.07) is 5.94. The molecule has 0 saturated carbocycles. The minimum absolute atomic E-state index is 0.136. The molecule has 0 unspecified atom stereocenters. The summed E-state index contributed by atoms with van der Waals surface area (Å²) in [5.74, 6) is -3.23. The van der Waals surface area contributed by atoms with Gasteiger partial charge in [0, 0.05) is 29.8 Å². The number of carbonyl (C=O) groups excluding carboxylic acids is 2. The SMILES string of the molecule is CC(C)C(=O)Nc1cc(C(=O)NCc2cccc(OC(F)(F)F)c2F)ccn1. The van der Waals surface area contributed by atoms with E-state index in [1.807, 2.05) is 0 Å². The van der Waals surface area contributed by atoms with Gasteiger partial charge in [0.25, 0.3) is 5.91 Å². The van der Waals surface area contributed by atoms with Crippen LogP contribution in [-0.2, 0) is 11.3 Å². The van der Waals surface area contributed by atoms with Gasteiger partial charge in [-0.15, -0.1) is 13.2 Å². The number of aromatic nitrogens is 1. The first-order chi connectivity index (χ1) is 13.1. The van der Waals surface area contributed by atoms with Crippen LogP contribution in [0.1, 0.15) is 29.8 Å². The smallest absolute Gasteiger partial charge is 0.403 e. The molecule has 0 aliphatic rings. The van der Waals surface area contributed by atoms with Crippen LogP contribution >= 0.6 is 0 Å². The van der Waals surface area contributed by atoms with Crippen molar-refractivity contribution in [3.8, 4) is 5.75 Å². The highest BCUT2D eigenvalue weighted by molar-refractivity contribution is 5.96. The molecule has 2 aromatic rings. The van der Waals surface area contributed by atoms with Crippen LogP contribution in [0.15, 0.2) is 36.5 Å². The highest BCUT2D eigenvalue weighted by Crippen LogP contribution is 2.27. The van der Waals surface area contributed by atoms with Gasteiger partial charge < -0.3 is 15.4 Å². The van der Waals surface area contributed by atoms with Crippen molar-refractivity contribution >= 4 is 17.6 Å². The van der Waals surface area contributed by atoms with Crippen LogP contribution < -0.4 is 15.4 Å². The Labute approximate surface area is 157 Å². The number of hydrogen-bond acceptors (Lipinski definition) is 4. The molecule has 2 N–H and O–H groups in total. The van der Waals surface area contributed by atoms with Gasteiger partial charge in [-0.1, -0.05) is 26.0 Å². The number of rotatable bonds is 6. The molecular weight excluding hydrogens is 382 g/mol. The summed E-state index contributed by atoms with van der Waals surface area (Å²) in [5, 5.41) is 4.93. The molecule has 2 amide bonds. The van der Waals surface area contributed by atoms with E-state index in [0.29, 0.717) is 0 Å². The average molecular weight is 399 g/mol. The summed E-state index contributed by atoms with van der Waals surface area (Å²) in [7, 11) is 0. The lowest BCUT2D eigenvalue weighted by Gasteiger charge is -2.12. The van der Waals surface area contributed by atoms with Gasteiger partial charge in [0.05, 0.1) is 0 Å². The van der Waals surface area contributed by atoms with E-state index in [1.165, 1.54) is 30.5 Å². The molecule has 10 heteroatoms. The molecule has 1 heterocycles. The van der Waals surface area contributed by atoms with Crippen LogP contribution in [0, 0.1) is 11.7 Å². The fourth-order valence-corrected chi connectivity index (χ4v) is 2.08. The molecule has 1 aromatic carbocycles. The van der Waals surface area contributed by atoms with E-state index in [1.54, 1.807) is 13.8 Å². The maximum Gasteiger partial charge on any atom is 0.573 e. The summed E-state index contributed by atoms with van der Waals surface area (Å²) in [6.45, 7) is 3.02. The van der Waals surface area contributed by atoms with Crippen molar-refractivity contribution in [2.45, 2.75) is 26.8 Å². The van der Waals surface area contributed by atoms with Gasteiger partial charge in [-0.05, 0) is 18.2 Å². The zero-order valence-electron chi connectivity index (χ0n) is 14.9. The molecule has 0 bridgehead atoms. The molecular formula is C18H17F4N3O3. The predicted molar refractivity (Wildman–Crippen MR) is 92.0 cm³/mol. The van der Waals surface area contributed by atoms with Crippen LogP contribution in [0.3, 0.4) is 0 Å². The first-order valence-corrected chi connectivity index (χ1v) is 8.15. The number of halogens is 4. The van der Waals surface area contributed by atoms with Crippen molar-refractivity contribution in [3.05, 3.63) is 53.5 Å². The monoisotopic (exact) mass is 399 g/mol. The Bertz CT molecular complexity index is 869. The predicted octanol–water partition coefficient (Wildman–Crippen LogP) is 3.64. The number of hydrogen-bond donors (Lipinski definition) is 2. The second-order valence-electron chi connectivity index (χ2n) is 6.03. The van der Waals surface area contributed by atoms with Crippen LogP contribution in [0.2, 0.25) is 0 Å². The molecule has 150 valence electrons. The van der Waals surface area contributed by atoms with Crippen molar-refractivity contribution < 1.29 is 31.9 Å². The lowest BCUT2D eigenvalue weighted by molar-refractivity contribution is -0.275. The minimum atomic E-state index is -5.03. The van der Waals surface area contributed by atoms with Gasteiger partial charge in [-0.3, -0.25) is 9.59 Å². The lowest BCUT2D eigenvalue weighted by atomic mass is 10.1. The zero-order chi connectivity index (χ0) is 20.9. The number of alkyl halides is 3. The van der Waals surface area contributed by atoms with Gasteiger partial charge in [0.2, 0.25) is 5.91 Å². The number of nitrogens with one attached hydrogen (secondary N) is 2. The molecule has 0 fully saturated rings. The standard InChI is InChI=1S/C18H17F4N3O3/c1-10(2)16(26)25-14-8-11(6-7-23-14)17(27)24-9-12-4-3-5-13(15(12)19)28-18(20,21)22/h3-8,10H,9H2,1-2H3,(H,24,27)(H,23,25,26). The highest BCUT2D eigenvalue weighted by Gasteiger charge is 2.32. The molecule has 1 aromatic heterocycles. The lowest BCUT2D eigenvalue weighted by Crippen LogP contribution is -2.24. The number of amides is 2. The minimum Gasteiger partial charge on any atom is -0.403 e. The van der Waals surface area contributed by atoms with Crippen LogP contribution in [0.4, 0.5) is 23.4 Å². The summed E-state index contributed by atoms with van der Waals surface area (Å²) in [5.41, 5.74) is -0.0466. The first kappa shape index (κ1) is 21.1. The fourth-order valence-electron chi connectivity index (χ4n) is 2.08. The van der Waals surface area contributed by atoms with E-state index in [2.05, 4.69) is 20.4 Å². The molecule has 0 saturated heterocycles. The van der Waals surface area contributed by atoms with Crippen molar-refractivity contribution in [2.75, 3.05) is 5.32 Å². The number of ether oxygens (including phenoxy) is 1. The average Bonchev–Trinajstić information content (AvgIpc) is 2.61. The summed E-state index contributed by atoms with van der Waals surface area (Å²) < 4.78 is 54.5. The van der Waals surface area contributed by atoms with Crippen molar-refractivity contribution in [1.82, 2.24) is 10.3 Å². The third kappa shape index (κ3) is 5.93. The Morgan fingerprint density at radius 3 is 2.57 bits per heavy atom. The first-order valence-electron chi connectivity index (χ1n) is 8.15. The summed E-state index contributed by atoms with van der Waals surface area (Å²) in [6.07, 6.45) is -3.72. The summed E-state index contributed by atoms with van der Waals surface area (Å²) in [4.78, 5) is 27.8. The largest absolute Gasteiger partial charge is 0.573 e. The summed E-state index contributed by atoms with van der Waals surface area (Å²) >= 11 is 0. The molecule has 0 aliphatic heterocycles. The normalized spacial score (nSPS) is 11.2. The third-order valence-corrected chi connectivity index (χ3v) is 3.51. The zero-order valence-corrected chi connectivity index (χ0v) is 14.9. The second kappa shape index (κ2) is 8.68. The van der Waals surface area contributed by atoms with Crippen LogP contribution in [0.25, 0.3) is 0 Å². The van der Waals surface area contributed by atoms with E-state index in [0.717, 1.165) is 6.07 Å². The molecule has 6 nitrogen and oxygen atoms in total. The van der Waals surface area contributed by atoms with Gasteiger partial charge >= 0.3 is 6.36 Å². The Morgan fingerprint density at radius 1 is 1.21 bits per heavy atom. The maximum absolute atomic E-state index is 14.1. The van der Waals surface area contributed by atoms with Gasteiger partial charge in [-0.2, -0.15) is 0 Å². The Kier molecular flexibility index (Phi) is 6.55. The van der Waals surface area contributed by atoms with E-state index < -0.39 is 23.8 Å². The Hall–Kier alpha value is -3.17. The Morgan fingerprint density at radius 2 is 1.93 bits per heavy atom. The van der Waals surface area contributed by atoms with E-state index in [-0.39, 0.29) is 35.3 Å². The maximum atomic E-state index is 14.1. The van der Waals surface area contributed by atoms with E-state index >= 15 is 0 Å². The van der Waals surface area contributed by atoms with Gasteiger partial charge in [0.1, 0.15) is 5.82 Å². The molecule has 0 spiro atoms. The van der Waals surface area contributed by atoms with Crippen molar-refractivity contribution in [1.29, 1.82) is 0 Å². The van der Waals surface area contributed by atoms with Crippen LogP contribution in [0.5, 0.6) is 5.75 Å². The van der Waals surface area contributed by atoms with Crippen molar-refractivity contribution in [3.63, 3.8) is 0 Å². The van der Waals surface area contributed by atoms with E-state index in [9.17, 15) is 27.2 Å². The fraction of sp³-hybridized carbons (Fsp3) is 0.278. The number of nitrogens with zero attached hydrogens (tertiary/aromatic N) is 1. The van der Waals surface area contributed by atoms with Gasteiger partial charge in [0.15, 0.2) is 11.6 Å². The van der Waals surface area contributed by atoms with Gasteiger partial charge in [-0.25, -0.2) is 9.37 Å². The number of benzene rings is 1. The second-order valence-corrected chi connectivity index (χ2v) is 6.03. The third-order valence-electron chi connectivity index (χ3n) is 3.51. The Balaban J connectivity index is 2.07. The molecule has 2 rings (SSSR count). The number of carbonyl (C=O) groups is 2. The number of anilines is 1. The highest BCUT2D eigenvalue weighted by atomic mass is 19.4. The topological polar surface area (TPSA) is 80.3 Å². The molecule has 0 atom stereocenters. The van der Waals surface area contributed by atoms with Crippen molar-refractivity contribution in [2.24, 2.45) is 5.92 Å². The quantitative estimate of drug-likeness (QED) is 0.727. The molecule has 0 radical (unpaired) electrons.